The van der Waals surface area contributed by atoms with Crippen molar-refractivity contribution in [2.75, 3.05) is 13.1 Å². The number of hydrogen-bond acceptors (Lipinski definition) is 7. The van der Waals surface area contributed by atoms with Crippen molar-refractivity contribution < 1.29 is 27.8 Å². The molecule has 1 aliphatic heterocycles. The van der Waals surface area contributed by atoms with E-state index in [0.717, 1.165) is 46.5 Å². The van der Waals surface area contributed by atoms with Gasteiger partial charge in [0, 0.05) is 37.2 Å². The number of nitrogens with zero attached hydrogens (tertiary/aromatic N) is 1. The molecule has 1 amide bonds. The molecule has 54 heavy (non-hydrogen) atoms. The number of aliphatic hydroxyl groups is 1. The third-order valence-electron chi connectivity index (χ3n) is 10.7. The Hall–Kier alpha value is -4.16. The number of carbonyl (C=O) groups is 1. The molecule has 1 aliphatic carbocycles. The number of amides is 1. The highest BCUT2D eigenvalue weighted by Crippen LogP contribution is 2.42. The van der Waals surface area contributed by atoms with Crippen molar-refractivity contribution >= 4 is 15.9 Å². The number of benzene rings is 4. The molecule has 5 atom stereocenters. The number of ether oxygens (including phenoxy) is 2. The average Bonchev–Trinajstić information content (AvgIpc) is 3.73. The highest BCUT2D eigenvalue weighted by atomic mass is 32.2. The van der Waals surface area contributed by atoms with Gasteiger partial charge in [0.1, 0.15) is 6.04 Å². The predicted octanol–water partition coefficient (Wildman–Crippen LogP) is 6.92. The second kappa shape index (κ2) is 18.4. The van der Waals surface area contributed by atoms with Crippen molar-refractivity contribution in [3.8, 4) is 0 Å². The molecule has 4 aromatic carbocycles. The average molecular weight is 752 g/mol. The quantitative estimate of drug-likeness (QED) is 0.107. The molecule has 1 heterocycles. The first-order valence-corrected chi connectivity index (χ1v) is 20.5. The second-order valence-electron chi connectivity index (χ2n) is 14.6. The van der Waals surface area contributed by atoms with Crippen LogP contribution >= 0.6 is 0 Å². The monoisotopic (exact) mass is 751 g/mol. The predicted molar refractivity (Wildman–Crippen MR) is 211 cm³/mol. The van der Waals surface area contributed by atoms with Crippen LogP contribution in [-0.2, 0) is 43.9 Å². The van der Waals surface area contributed by atoms with Crippen molar-refractivity contribution in [3.63, 3.8) is 0 Å². The highest BCUT2D eigenvalue weighted by Gasteiger charge is 2.40. The maximum absolute atomic E-state index is 13.6. The maximum Gasteiger partial charge on any atom is 0.241 e. The molecule has 9 nitrogen and oxygen atoms in total. The number of rotatable bonds is 16. The Labute approximate surface area is 320 Å². The lowest BCUT2D eigenvalue weighted by atomic mass is 9.89. The molecule has 1 saturated carbocycles. The summed E-state index contributed by atoms with van der Waals surface area (Å²) >= 11 is 0. The lowest BCUT2D eigenvalue weighted by Crippen LogP contribution is -2.47. The van der Waals surface area contributed by atoms with Gasteiger partial charge in [0.25, 0.3) is 0 Å². The zero-order chi connectivity index (χ0) is 38.1. The Morgan fingerprint density at radius 2 is 1.54 bits per heavy atom. The van der Waals surface area contributed by atoms with E-state index in [1.807, 2.05) is 91.9 Å². The maximum atomic E-state index is 13.6. The molecule has 0 unspecified atom stereocenters. The van der Waals surface area contributed by atoms with E-state index >= 15 is 0 Å². The molecule has 10 heteroatoms. The number of nitrogens with one attached hydrogen (secondary N) is 2. The van der Waals surface area contributed by atoms with E-state index in [0.29, 0.717) is 6.04 Å². The summed E-state index contributed by atoms with van der Waals surface area (Å²) in [5.41, 5.74) is 5.38. The molecule has 0 spiro atoms. The van der Waals surface area contributed by atoms with Gasteiger partial charge in [-0.15, -0.1) is 6.58 Å². The first-order chi connectivity index (χ1) is 26.1. The van der Waals surface area contributed by atoms with Crippen LogP contribution in [0.2, 0.25) is 0 Å². The van der Waals surface area contributed by atoms with Gasteiger partial charge < -0.3 is 19.9 Å². The fourth-order valence-electron chi connectivity index (χ4n) is 7.48. The molecule has 3 N–H and O–H groups in total. The summed E-state index contributed by atoms with van der Waals surface area (Å²) in [7, 11) is -3.95. The minimum absolute atomic E-state index is 0.0167. The van der Waals surface area contributed by atoms with Crippen LogP contribution in [0.4, 0.5) is 0 Å². The Morgan fingerprint density at radius 3 is 2.19 bits per heavy atom. The van der Waals surface area contributed by atoms with E-state index < -0.39 is 28.3 Å². The van der Waals surface area contributed by atoms with E-state index in [9.17, 15) is 18.3 Å². The zero-order valence-electron chi connectivity index (χ0n) is 31.3. The molecule has 4 aromatic rings. The lowest BCUT2D eigenvalue weighted by Gasteiger charge is -2.43. The van der Waals surface area contributed by atoms with Gasteiger partial charge in [-0.25, -0.2) is 8.42 Å². The zero-order valence-corrected chi connectivity index (χ0v) is 32.1. The van der Waals surface area contributed by atoms with Gasteiger partial charge in [0.2, 0.25) is 15.9 Å². The lowest BCUT2D eigenvalue weighted by molar-refractivity contribution is -0.276. The Bertz CT molecular complexity index is 1910. The van der Waals surface area contributed by atoms with E-state index in [1.54, 1.807) is 24.3 Å². The second-order valence-corrected chi connectivity index (χ2v) is 16.4. The molecular formula is C44H53N3O6S. The molecule has 6 rings (SSSR count). The number of aryl methyl sites for hydroxylation is 1. The smallest absolute Gasteiger partial charge is 0.241 e. The fourth-order valence-corrected chi connectivity index (χ4v) is 8.68. The van der Waals surface area contributed by atoms with Gasteiger partial charge >= 0.3 is 0 Å². The molecule has 0 radical (unpaired) electrons. The minimum atomic E-state index is -3.95. The van der Waals surface area contributed by atoms with Gasteiger partial charge in [-0.1, -0.05) is 122 Å². The number of carbonyl (C=O) groups excluding carboxylic acids is 1. The Kier molecular flexibility index (Phi) is 13.5. The minimum Gasteiger partial charge on any atom is -0.392 e. The van der Waals surface area contributed by atoms with Crippen LogP contribution in [0, 0.1) is 12.8 Å². The van der Waals surface area contributed by atoms with Crippen molar-refractivity contribution in [1.82, 2.24) is 14.9 Å². The van der Waals surface area contributed by atoms with Crippen LogP contribution in [0.5, 0.6) is 0 Å². The summed E-state index contributed by atoms with van der Waals surface area (Å²) < 4.78 is 42.7. The normalized spacial score (nSPS) is 21.2. The van der Waals surface area contributed by atoms with Crippen LogP contribution in [0.15, 0.2) is 121 Å². The van der Waals surface area contributed by atoms with Gasteiger partial charge in [-0.2, -0.15) is 4.72 Å². The van der Waals surface area contributed by atoms with E-state index in [4.69, 9.17) is 9.47 Å². The Morgan fingerprint density at radius 1 is 0.889 bits per heavy atom. The fraction of sp³-hybridized carbons (Fsp3) is 0.386. The van der Waals surface area contributed by atoms with Crippen LogP contribution in [0.3, 0.4) is 0 Å². The third-order valence-corrected chi connectivity index (χ3v) is 12.2. The summed E-state index contributed by atoms with van der Waals surface area (Å²) in [5, 5.41) is 12.6. The molecule has 0 aromatic heterocycles. The van der Waals surface area contributed by atoms with Crippen LogP contribution in [0.25, 0.3) is 0 Å². The molecule has 2 aliphatic rings. The first kappa shape index (κ1) is 39.5. The standard InChI is InChI=1S/C44H53N3O6S/c1-4-26-47(38-12-8-9-13-38)29-41-32(3)42(36-20-18-35(30-48)19-21-36)53-44(52-41)37-22-16-34(17-23-37)28-45-43(49)40(27-33-10-6-5-7-11-33)46-54(50,51)39-24-14-31(2)15-25-39/h4-7,10-11,14-25,32,38,40-42,44,46,48H,1,8-9,12-13,26-30H2,2-3H3,(H,45,49)/t32-,40-,41+,42+,44+/m1/s1. The first-order valence-electron chi connectivity index (χ1n) is 19.0. The van der Waals surface area contributed by atoms with E-state index in [-0.39, 0.29) is 42.6 Å². The summed E-state index contributed by atoms with van der Waals surface area (Å²) in [6.45, 7) is 9.87. The van der Waals surface area contributed by atoms with Gasteiger partial charge in [-0.05, 0) is 60.6 Å². The van der Waals surface area contributed by atoms with E-state index in [2.05, 4.69) is 28.4 Å². The largest absolute Gasteiger partial charge is 0.392 e. The van der Waals surface area contributed by atoms with E-state index in [1.165, 1.54) is 25.7 Å². The third kappa shape index (κ3) is 10.1. The molecule has 286 valence electrons. The van der Waals surface area contributed by atoms with Crippen molar-refractivity contribution in [2.45, 2.75) is 94.6 Å². The number of hydrogen-bond donors (Lipinski definition) is 3. The van der Waals surface area contributed by atoms with Crippen LogP contribution < -0.4 is 10.0 Å². The SMILES string of the molecule is C=CCN(C[C@@H]1O[C@H](c2ccc(CNC(=O)[C@@H](Cc3ccccc3)NS(=O)(=O)c3ccc(C)cc3)cc2)O[C@H](c2ccc(CO)cc2)[C@@H]1C)C1CCCC1. The van der Waals surface area contributed by atoms with Gasteiger partial charge in [0.15, 0.2) is 6.29 Å². The van der Waals surface area contributed by atoms with Gasteiger partial charge in [-0.3, -0.25) is 9.69 Å². The number of aliphatic hydroxyl groups excluding tert-OH is 1. The molecular weight excluding hydrogens is 699 g/mol. The van der Waals surface area contributed by atoms with Crippen LogP contribution in [-0.4, -0.2) is 55.6 Å². The Balaban J connectivity index is 1.16. The summed E-state index contributed by atoms with van der Waals surface area (Å²) in [6.07, 6.45) is 6.10. The topological polar surface area (TPSA) is 117 Å². The molecule has 1 saturated heterocycles. The van der Waals surface area contributed by atoms with Crippen molar-refractivity contribution in [2.24, 2.45) is 5.92 Å². The summed E-state index contributed by atoms with van der Waals surface area (Å²) in [6, 6.07) is 31.2. The van der Waals surface area contributed by atoms with Gasteiger partial charge in [0.05, 0.1) is 23.7 Å². The van der Waals surface area contributed by atoms with Crippen molar-refractivity contribution in [3.05, 3.63) is 149 Å². The van der Waals surface area contributed by atoms with Crippen molar-refractivity contribution in [1.29, 1.82) is 0 Å². The molecule has 0 bridgehead atoms. The summed E-state index contributed by atoms with van der Waals surface area (Å²) in [5.74, 6) is -0.354. The molecule has 2 fully saturated rings. The van der Waals surface area contributed by atoms with Crippen LogP contribution in [0.1, 0.15) is 78.4 Å². The highest BCUT2D eigenvalue weighted by molar-refractivity contribution is 7.89. The summed E-state index contributed by atoms with van der Waals surface area (Å²) in [4.78, 5) is 16.2. The number of sulfonamides is 1.